The van der Waals surface area contributed by atoms with E-state index >= 15 is 0 Å². The molecule has 298 valence electrons. The molecule has 2 saturated heterocycles. The van der Waals surface area contributed by atoms with Crippen LogP contribution in [-0.2, 0) is 22.4 Å². The van der Waals surface area contributed by atoms with Crippen molar-refractivity contribution in [2.45, 2.75) is 76.9 Å². The van der Waals surface area contributed by atoms with Crippen molar-refractivity contribution >= 4 is 23.9 Å². The van der Waals surface area contributed by atoms with Gasteiger partial charge in [0.15, 0.2) is 0 Å². The molecule has 0 radical (unpaired) electrons. The Morgan fingerprint density at radius 1 is 0.537 bits per heavy atom. The molecule has 6 amide bonds. The largest absolute Gasteiger partial charge is 0.388 e. The van der Waals surface area contributed by atoms with Gasteiger partial charge in [0.25, 0.3) is 0 Å². The zero-order valence-corrected chi connectivity index (χ0v) is 32.8. The first-order valence-corrected chi connectivity index (χ1v) is 19.3. The fourth-order valence-electron chi connectivity index (χ4n) is 6.81. The maximum atomic E-state index is 14.0. The second kappa shape index (κ2) is 20.4. The Morgan fingerprint density at radius 3 is 1.15 bits per heavy atom. The summed E-state index contributed by atoms with van der Waals surface area (Å²) in [4.78, 5) is 62.1. The number of piperazine rings is 2. The summed E-state index contributed by atoms with van der Waals surface area (Å²) in [7, 11) is 4.00. The fourth-order valence-corrected chi connectivity index (χ4v) is 6.81. The van der Waals surface area contributed by atoms with Gasteiger partial charge in [0.2, 0.25) is 11.8 Å². The molecule has 0 aromatic heterocycles. The van der Waals surface area contributed by atoms with E-state index < -0.39 is 48.2 Å². The van der Waals surface area contributed by atoms with Crippen molar-refractivity contribution in [2.75, 3.05) is 66.5 Å². The average Bonchev–Trinajstić information content (AvgIpc) is 3.15. The van der Waals surface area contributed by atoms with Gasteiger partial charge in [0, 0.05) is 52.4 Å². The van der Waals surface area contributed by atoms with Gasteiger partial charge < -0.3 is 51.1 Å². The van der Waals surface area contributed by atoms with E-state index in [9.17, 15) is 29.4 Å². The maximum absolute atomic E-state index is 14.0. The molecular formula is C40H62N8O6. The van der Waals surface area contributed by atoms with Crippen molar-refractivity contribution in [1.29, 1.82) is 0 Å². The van der Waals surface area contributed by atoms with Gasteiger partial charge in [-0.2, -0.15) is 0 Å². The zero-order valence-electron chi connectivity index (χ0n) is 32.8. The highest BCUT2D eigenvalue weighted by atomic mass is 16.3. The van der Waals surface area contributed by atoms with E-state index in [1.807, 2.05) is 102 Å². The Kier molecular flexibility index (Phi) is 16.1. The molecule has 4 rings (SSSR count). The highest BCUT2D eigenvalue weighted by Crippen LogP contribution is 2.17. The molecule has 0 aliphatic carbocycles. The highest BCUT2D eigenvalue weighted by molar-refractivity contribution is 5.88. The topological polar surface area (TPSA) is 170 Å². The standard InChI is InChI=1S/C40H62N8O6/c1-27(2)33(43-39(53)47-21-17-45(5)18-22-47)37(51)41-31(25-29-13-9-7-10-14-29)35(49)36(50)32(26-30-15-11-8-12-16-30)42-38(52)34(28(3)4)44-40(54)48-23-19-46(6)20-24-48/h7-16,27-28,31-36,49-50H,17-26H2,1-6H3,(H,41,51)(H,42,52)(H,43,53)(H,44,54)/t31-,32-,33-,34-,35-,36+/m0/s1. The predicted octanol–water partition coefficient (Wildman–Crippen LogP) is 1.13. The van der Waals surface area contributed by atoms with Crippen LogP contribution in [0.1, 0.15) is 38.8 Å². The predicted molar refractivity (Wildman–Crippen MR) is 209 cm³/mol. The van der Waals surface area contributed by atoms with Gasteiger partial charge in [0.05, 0.1) is 12.1 Å². The monoisotopic (exact) mass is 750 g/mol. The molecule has 6 N–H and O–H groups in total. The van der Waals surface area contributed by atoms with Crippen molar-refractivity contribution in [3.05, 3.63) is 71.8 Å². The molecule has 2 aliphatic heterocycles. The minimum atomic E-state index is -1.54. The number of benzene rings is 2. The van der Waals surface area contributed by atoms with E-state index in [4.69, 9.17) is 0 Å². The fraction of sp³-hybridized carbons (Fsp3) is 0.600. The van der Waals surface area contributed by atoms with Crippen molar-refractivity contribution in [3.63, 3.8) is 0 Å². The maximum Gasteiger partial charge on any atom is 0.318 e. The summed E-state index contributed by atoms with van der Waals surface area (Å²) in [6.07, 6.45) is -2.74. The van der Waals surface area contributed by atoms with E-state index in [1.54, 1.807) is 9.80 Å². The lowest BCUT2D eigenvalue weighted by Gasteiger charge is -2.36. The number of hydrogen-bond acceptors (Lipinski definition) is 8. The lowest BCUT2D eigenvalue weighted by atomic mass is 9.90. The van der Waals surface area contributed by atoms with Crippen LogP contribution >= 0.6 is 0 Å². The van der Waals surface area contributed by atoms with Crippen LogP contribution in [0.2, 0.25) is 0 Å². The molecule has 2 fully saturated rings. The van der Waals surface area contributed by atoms with Crippen LogP contribution in [-0.4, -0.2) is 157 Å². The number of nitrogens with zero attached hydrogens (tertiary/aromatic N) is 4. The lowest BCUT2D eigenvalue weighted by Crippen LogP contribution is -2.62. The van der Waals surface area contributed by atoms with Crippen LogP contribution < -0.4 is 21.3 Å². The number of hydrogen-bond donors (Lipinski definition) is 6. The number of aliphatic hydroxyl groups is 2. The second-order valence-electron chi connectivity index (χ2n) is 15.5. The van der Waals surface area contributed by atoms with Gasteiger partial charge in [-0.05, 0) is 49.9 Å². The number of likely N-dealkylation sites (N-methyl/N-ethyl adjacent to an activating group) is 2. The van der Waals surface area contributed by atoms with Crippen molar-refractivity contribution < 1.29 is 29.4 Å². The molecule has 2 aromatic rings. The Hall–Kier alpha value is -4.24. The van der Waals surface area contributed by atoms with Gasteiger partial charge in [-0.1, -0.05) is 88.4 Å². The van der Waals surface area contributed by atoms with E-state index in [2.05, 4.69) is 31.1 Å². The van der Waals surface area contributed by atoms with Gasteiger partial charge in [-0.25, -0.2) is 9.59 Å². The molecule has 2 aliphatic rings. The second-order valence-corrected chi connectivity index (χ2v) is 15.5. The molecule has 14 nitrogen and oxygen atoms in total. The number of amides is 6. The molecule has 14 heteroatoms. The number of urea groups is 2. The Labute approximate surface area is 320 Å². The number of nitrogens with one attached hydrogen (secondary N) is 4. The van der Waals surface area contributed by atoms with Crippen LogP contribution in [0.25, 0.3) is 0 Å². The van der Waals surface area contributed by atoms with Crippen LogP contribution in [0.5, 0.6) is 0 Å². The minimum absolute atomic E-state index is 0.170. The molecule has 2 aromatic carbocycles. The SMILES string of the molecule is CC(C)[C@H](NC(=O)N1CCN(C)CC1)C(=O)N[C@@H](Cc1ccccc1)[C@H](O)[C@H](O)[C@H](Cc1ccccc1)NC(=O)[C@@H](NC(=O)N1CCN(C)CC1)C(C)C. The number of carbonyl (C=O) groups excluding carboxylic acids is 4. The molecule has 0 saturated carbocycles. The summed E-state index contributed by atoms with van der Waals surface area (Å²) < 4.78 is 0. The molecule has 0 unspecified atom stereocenters. The van der Waals surface area contributed by atoms with E-state index in [0.717, 1.165) is 37.3 Å². The molecule has 0 bridgehead atoms. The Morgan fingerprint density at radius 2 is 0.852 bits per heavy atom. The molecule has 6 atom stereocenters. The highest BCUT2D eigenvalue weighted by Gasteiger charge is 2.38. The third kappa shape index (κ3) is 12.4. The average molecular weight is 751 g/mol. The summed E-state index contributed by atoms with van der Waals surface area (Å²) in [5, 5.41) is 35.6. The Balaban J connectivity index is 1.55. The van der Waals surface area contributed by atoms with Crippen LogP contribution in [0, 0.1) is 11.8 Å². The van der Waals surface area contributed by atoms with Crippen LogP contribution in [0.15, 0.2) is 60.7 Å². The molecule has 0 spiro atoms. The van der Waals surface area contributed by atoms with Crippen molar-refractivity contribution in [2.24, 2.45) is 11.8 Å². The first kappa shape index (κ1) is 42.5. The molecular weight excluding hydrogens is 688 g/mol. The first-order chi connectivity index (χ1) is 25.7. The zero-order chi connectivity index (χ0) is 39.4. The number of aliphatic hydroxyl groups excluding tert-OH is 2. The van der Waals surface area contributed by atoms with Gasteiger partial charge in [0.1, 0.15) is 24.3 Å². The van der Waals surface area contributed by atoms with E-state index in [1.165, 1.54) is 0 Å². The van der Waals surface area contributed by atoms with Gasteiger partial charge in [-0.15, -0.1) is 0 Å². The summed E-state index contributed by atoms with van der Waals surface area (Å²) in [5.74, 6) is -1.54. The van der Waals surface area contributed by atoms with E-state index in [0.29, 0.717) is 26.2 Å². The van der Waals surface area contributed by atoms with Crippen molar-refractivity contribution in [1.82, 2.24) is 40.9 Å². The summed E-state index contributed by atoms with van der Waals surface area (Å²) in [5.41, 5.74) is 1.62. The summed E-state index contributed by atoms with van der Waals surface area (Å²) in [6, 6.07) is 14.1. The Bertz CT molecular complexity index is 1370. The lowest BCUT2D eigenvalue weighted by molar-refractivity contribution is -0.129. The van der Waals surface area contributed by atoms with Crippen LogP contribution in [0.4, 0.5) is 9.59 Å². The number of rotatable bonds is 15. The van der Waals surface area contributed by atoms with Crippen molar-refractivity contribution in [3.8, 4) is 0 Å². The quantitative estimate of drug-likeness (QED) is 0.158. The summed E-state index contributed by atoms with van der Waals surface area (Å²) >= 11 is 0. The van der Waals surface area contributed by atoms with Gasteiger partial charge >= 0.3 is 12.1 Å². The minimum Gasteiger partial charge on any atom is -0.388 e. The number of carbonyl (C=O) groups is 4. The van der Waals surface area contributed by atoms with Gasteiger partial charge in [-0.3, -0.25) is 9.59 Å². The smallest absolute Gasteiger partial charge is 0.318 e. The third-order valence-corrected chi connectivity index (χ3v) is 10.5. The normalized spacial score (nSPS) is 19.0. The first-order valence-electron chi connectivity index (χ1n) is 19.3. The summed E-state index contributed by atoms with van der Waals surface area (Å²) in [6.45, 7) is 12.5. The molecule has 2 heterocycles. The third-order valence-electron chi connectivity index (χ3n) is 10.5. The van der Waals surface area contributed by atoms with E-state index in [-0.39, 0.29) is 36.7 Å². The molecule has 54 heavy (non-hydrogen) atoms. The van der Waals surface area contributed by atoms with Crippen LogP contribution in [0.3, 0.4) is 0 Å².